The number of aromatic nitrogens is 3. The quantitative estimate of drug-likeness (QED) is 0.334. The second-order valence-corrected chi connectivity index (χ2v) is 7.83. The maximum atomic E-state index is 13.2. The predicted octanol–water partition coefficient (Wildman–Crippen LogP) is 6.04. The first-order valence-electron chi connectivity index (χ1n) is 9.74. The Kier molecular flexibility index (Phi) is 4.78. The standard InChI is InChI=1S/C24H15ClF3N3O/c25-18-10-8-16(9-11-18)19-13-22(32)31-21-7-2-1-6-20(21)30(23(31)29-19)14-15-4-3-5-17(12-15)24(26,27)28/h1-13H,14H2. The van der Waals surface area contributed by atoms with Gasteiger partial charge < -0.3 is 4.57 Å². The molecule has 0 aliphatic carbocycles. The molecule has 0 bridgehead atoms. The zero-order valence-electron chi connectivity index (χ0n) is 16.5. The van der Waals surface area contributed by atoms with Crippen LogP contribution in [0.4, 0.5) is 13.2 Å². The Morgan fingerprint density at radius 2 is 1.59 bits per heavy atom. The maximum Gasteiger partial charge on any atom is 0.416 e. The van der Waals surface area contributed by atoms with Crippen LogP contribution in [-0.4, -0.2) is 14.0 Å². The topological polar surface area (TPSA) is 39.3 Å². The molecular weight excluding hydrogens is 439 g/mol. The molecule has 0 saturated heterocycles. The fraction of sp³-hybridized carbons (Fsp3) is 0.0833. The third kappa shape index (κ3) is 3.54. The van der Waals surface area contributed by atoms with Crippen LogP contribution in [0.1, 0.15) is 11.1 Å². The highest BCUT2D eigenvalue weighted by molar-refractivity contribution is 6.30. The lowest BCUT2D eigenvalue weighted by atomic mass is 10.1. The molecule has 0 radical (unpaired) electrons. The summed E-state index contributed by atoms with van der Waals surface area (Å²) >= 11 is 5.97. The molecule has 2 aromatic heterocycles. The van der Waals surface area contributed by atoms with E-state index in [9.17, 15) is 18.0 Å². The van der Waals surface area contributed by atoms with Gasteiger partial charge in [0, 0.05) is 16.7 Å². The largest absolute Gasteiger partial charge is 0.416 e. The summed E-state index contributed by atoms with van der Waals surface area (Å²) < 4.78 is 42.8. The van der Waals surface area contributed by atoms with Crippen molar-refractivity contribution in [1.82, 2.24) is 14.0 Å². The summed E-state index contributed by atoms with van der Waals surface area (Å²) in [5.41, 5.74) is 1.96. The number of hydrogen-bond acceptors (Lipinski definition) is 2. The van der Waals surface area contributed by atoms with E-state index in [0.717, 1.165) is 12.1 Å². The normalized spacial score (nSPS) is 12.0. The molecule has 2 heterocycles. The van der Waals surface area contributed by atoms with Crippen LogP contribution in [0.5, 0.6) is 0 Å². The van der Waals surface area contributed by atoms with Crippen LogP contribution in [0, 0.1) is 0 Å². The van der Waals surface area contributed by atoms with Gasteiger partial charge in [-0.3, -0.25) is 4.79 Å². The third-order valence-corrected chi connectivity index (χ3v) is 5.54. The van der Waals surface area contributed by atoms with Crippen LogP contribution < -0.4 is 5.56 Å². The third-order valence-electron chi connectivity index (χ3n) is 5.29. The molecule has 5 rings (SSSR count). The van der Waals surface area contributed by atoms with Crippen molar-refractivity contribution in [3.05, 3.63) is 105 Å². The SMILES string of the molecule is O=c1cc(-c2ccc(Cl)cc2)nc2n(Cc3cccc(C(F)(F)F)c3)c3ccccc3n12. The molecule has 0 unspecified atom stereocenters. The van der Waals surface area contributed by atoms with Crippen molar-refractivity contribution in [2.75, 3.05) is 0 Å². The van der Waals surface area contributed by atoms with Gasteiger partial charge in [-0.15, -0.1) is 0 Å². The van der Waals surface area contributed by atoms with Crippen molar-refractivity contribution in [3.8, 4) is 11.3 Å². The maximum absolute atomic E-state index is 13.2. The number of halogens is 4. The lowest BCUT2D eigenvalue weighted by Gasteiger charge is -2.11. The number of fused-ring (bicyclic) bond motifs is 3. The van der Waals surface area contributed by atoms with Crippen molar-refractivity contribution >= 4 is 28.4 Å². The van der Waals surface area contributed by atoms with E-state index in [-0.39, 0.29) is 12.1 Å². The molecule has 32 heavy (non-hydrogen) atoms. The van der Waals surface area contributed by atoms with Crippen molar-refractivity contribution in [1.29, 1.82) is 0 Å². The summed E-state index contributed by atoms with van der Waals surface area (Å²) in [4.78, 5) is 17.7. The van der Waals surface area contributed by atoms with Gasteiger partial charge in [0.25, 0.3) is 5.56 Å². The van der Waals surface area contributed by atoms with E-state index in [0.29, 0.717) is 38.7 Å². The van der Waals surface area contributed by atoms with Gasteiger partial charge in [0.15, 0.2) is 0 Å². The molecule has 0 aliphatic heterocycles. The second kappa shape index (κ2) is 7.53. The smallest absolute Gasteiger partial charge is 0.305 e. The van der Waals surface area contributed by atoms with Crippen molar-refractivity contribution in [3.63, 3.8) is 0 Å². The lowest BCUT2D eigenvalue weighted by Crippen LogP contribution is -2.15. The Bertz CT molecular complexity index is 1520. The van der Waals surface area contributed by atoms with Gasteiger partial charge in [0.05, 0.1) is 28.8 Å². The van der Waals surface area contributed by atoms with Gasteiger partial charge in [-0.25, -0.2) is 9.38 Å². The Hall–Kier alpha value is -3.58. The Labute approximate surface area is 185 Å². The molecule has 8 heteroatoms. The van der Waals surface area contributed by atoms with Gasteiger partial charge in [0.2, 0.25) is 5.78 Å². The fourth-order valence-electron chi connectivity index (χ4n) is 3.82. The number of benzene rings is 3. The monoisotopic (exact) mass is 453 g/mol. The zero-order valence-corrected chi connectivity index (χ0v) is 17.2. The van der Waals surface area contributed by atoms with E-state index in [1.54, 1.807) is 47.0 Å². The van der Waals surface area contributed by atoms with Gasteiger partial charge in [-0.1, -0.05) is 48.0 Å². The molecule has 0 N–H and O–H groups in total. The molecule has 0 fully saturated rings. The average Bonchev–Trinajstić information content (AvgIpc) is 3.08. The van der Waals surface area contributed by atoms with E-state index in [1.165, 1.54) is 16.5 Å². The van der Waals surface area contributed by atoms with Crippen LogP contribution >= 0.6 is 11.6 Å². The van der Waals surface area contributed by atoms with E-state index in [2.05, 4.69) is 0 Å². The van der Waals surface area contributed by atoms with E-state index >= 15 is 0 Å². The molecule has 4 nitrogen and oxygen atoms in total. The summed E-state index contributed by atoms with van der Waals surface area (Å²) in [6.45, 7) is 0.122. The van der Waals surface area contributed by atoms with Gasteiger partial charge in [-0.05, 0) is 42.0 Å². The highest BCUT2D eigenvalue weighted by Crippen LogP contribution is 2.30. The summed E-state index contributed by atoms with van der Waals surface area (Å²) in [6, 6.07) is 20.8. The Morgan fingerprint density at radius 3 is 2.31 bits per heavy atom. The number of rotatable bonds is 3. The fourth-order valence-corrected chi connectivity index (χ4v) is 3.95. The molecule has 0 amide bonds. The molecule has 3 aromatic carbocycles. The zero-order chi connectivity index (χ0) is 22.5. The average molecular weight is 454 g/mol. The van der Waals surface area contributed by atoms with Crippen molar-refractivity contribution in [2.45, 2.75) is 12.7 Å². The Balaban J connectivity index is 1.74. The minimum Gasteiger partial charge on any atom is -0.305 e. The summed E-state index contributed by atoms with van der Waals surface area (Å²) in [5, 5.41) is 0.560. The molecule has 0 aliphatic rings. The van der Waals surface area contributed by atoms with E-state index < -0.39 is 11.7 Å². The summed E-state index contributed by atoms with van der Waals surface area (Å²) in [5.74, 6) is 0.348. The van der Waals surface area contributed by atoms with Gasteiger partial charge in [0.1, 0.15) is 0 Å². The molecule has 5 aromatic rings. The summed E-state index contributed by atoms with van der Waals surface area (Å²) in [6.07, 6.45) is -4.44. The summed E-state index contributed by atoms with van der Waals surface area (Å²) in [7, 11) is 0. The lowest BCUT2D eigenvalue weighted by molar-refractivity contribution is -0.137. The first-order valence-corrected chi connectivity index (χ1v) is 10.1. The number of hydrogen-bond donors (Lipinski definition) is 0. The van der Waals surface area contributed by atoms with Crippen LogP contribution in [0.25, 0.3) is 28.1 Å². The Morgan fingerprint density at radius 1 is 0.875 bits per heavy atom. The first-order chi connectivity index (χ1) is 15.3. The van der Waals surface area contributed by atoms with Crippen LogP contribution in [-0.2, 0) is 12.7 Å². The van der Waals surface area contributed by atoms with Crippen molar-refractivity contribution in [2.24, 2.45) is 0 Å². The minimum absolute atomic E-state index is 0.122. The highest BCUT2D eigenvalue weighted by atomic mass is 35.5. The van der Waals surface area contributed by atoms with Crippen LogP contribution in [0.3, 0.4) is 0 Å². The molecule has 0 atom stereocenters. The van der Waals surface area contributed by atoms with Crippen LogP contribution in [0.2, 0.25) is 5.02 Å². The minimum atomic E-state index is -4.44. The predicted molar refractivity (Wildman–Crippen MR) is 118 cm³/mol. The molecule has 160 valence electrons. The second-order valence-electron chi connectivity index (χ2n) is 7.39. The van der Waals surface area contributed by atoms with E-state index in [4.69, 9.17) is 16.6 Å². The number of nitrogens with zero attached hydrogens (tertiary/aromatic N) is 3. The molecule has 0 spiro atoms. The van der Waals surface area contributed by atoms with Crippen LogP contribution in [0.15, 0.2) is 83.7 Å². The number of imidazole rings is 1. The van der Waals surface area contributed by atoms with Gasteiger partial charge in [-0.2, -0.15) is 13.2 Å². The molecule has 0 saturated carbocycles. The molecular formula is C24H15ClF3N3O. The first kappa shape index (κ1) is 20.3. The number of para-hydroxylation sites is 2. The highest BCUT2D eigenvalue weighted by Gasteiger charge is 2.30. The van der Waals surface area contributed by atoms with Gasteiger partial charge >= 0.3 is 6.18 Å². The van der Waals surface area contributed by atoms with Crippen molar-refractivity contribution < 1.29 is 13.2 Å². The number of alkyl halides is 3. The van der Waals surface area contributed by atoms with E-state index in [1.807, 2.05) is 12.1 Å².